The Morgan fingerprint density at radius 3 is 2.06 bits per heavy atom. The molecule has 1 amide bonds. The van der Waals surface area contributed by atoms with Gasteiger partial charge < -0.3 is 4.90 Å². The summed E-state index contributed by atoms with van der Waals surface area (Å²) in [5, 5.41) is 0.638. The first-order chi connectivity index (χ1) is 15.2. The summed E-state index contributed by atoms with van der Waals surface area (Å²) in [7, 11) is 0. The van der Waals surface area contributed by atoms with Crippen molar-refractivity contribution < 1.29 is 4.79 Å². The van der Waals surface area contributed by atoms with E-state index >= 15 is 0 Å². The summed E-state index contributed by atoms with van der Waals surface area (Å²) in [6.45, 7) is 0.643. The zero-order chi connectivity index (χ0) is 21.2. The Labute approximate surface area is 187 Å². The van der Waals surface area contributed by atoms with Crippen molar-refractivity contribution in [3.63, 3.8) is 0 Å². The van der Waals surface area contributed by atoms with E-state index in [9.17, 15) is 4.79 Å². The highest BCUT2D eigenvalue weighted by atomic mass is 35.5. The molecule has 0 unspecified atom stereocenters. The van der Waals surface area contributed by atoms with Crippen LogP contribution in [0.25, 0.3) is 0 Å². The molecule has 5 rings (SSSR count). The molecule has 31 heavy (non-hydrogen) atoms. The second-order valence-corrected chi connectivity index (χ2v) is 7.94. The van der Waals surface area contributed by atoms with Gasteiger partial charge in [0.15, 0.2) is 0 Å². The molecule has 0 bridgehead atoms. The quantitative estimate of drug-likeness (QED) is 0.363. The van der Waals surface area contributed by atoms with Crippen molar-refractivity contribution in [3.8, 4) is 0 Å². The number of amides is 1. The van der Waals surface area contributed by atoms with Crippen LogP contribution in [0, 0.1) is 0 Å². The molecule has 1 heterocycles. The van der Waals surface area contributed by atoms with Crippen LogP contribution in [0.3, 0.4) is 0 Å². The van der Waals surface area contributed by atoms with Gasteiger partial charge in [0, 0.05) is 22.8 Å². The predicted octanol–water partition coefficient (Wildman–Crippen LogP) is 6.71. The minimum atomic E-state index is -0.376. The highest BCUT2D eigenvalue weighted by Gasteiger charge is 2.40. The van der Waals surface area contributed by atoms with Gasteiger partial charge in [0.2, 0.25) is 0 Å². The molecule has 0 radical (unpaired) electrons. The summed E-state index contributed by atoms with van der Waals surface area (Å²) in [6, 6.07) is 35.7. The number of hydrogen-bond donors (Lipinski definition) is 0. The van der Waals surface area contributed by atoms with Gasteiger partial charge in [-0.2, -0.15) is 0 Å². The Morgan fingerprint density at radius 1 is 0.710 bits per heavy atom. The smallest absolute Gasteiger partial charge is 0.262 e. The van der Waals surface area contributed by atoms with E-state index in [2.05, 4.69) is 17.0 Å². The van der Waals surface area contributed by atoms with Gasteiger partial charge in [0.1, 0.15) is 6.17 Å². The molecule has 0 aromatic heterocycles. The van der Waals surface area contributed by atoms with Gasteiger partial charge in [-0.25, -0.2) is 0 Å². The lowest BCUT2D eigenvalue weighted by atomic mass is 9.99. The number of para-hydroxylation sites is 2. The number of fused-ring (bicyclic) bond motifs is 1. The van der Waals surface area contributed by atoms with E-state index in [1.807, 2.05) is 102 Å². The highest BCUT2D eigenvalue weighted by Crippen LogP contribution is 2.43. The summed E-state index contributed by atoms with van der Waals surface area (Å²) in [4.78, 5) is 17.9. The summed E-state index contributed by atoms with van der Waals surface area (Å²) in [5.41, 5.74) is 4.49. The van der Waals surface area contributed by atoms with Gasteiger partial charge >= 0.3 is 0 Å². The van der Waals surface area contributed by atoms with Crippen molar-refractivity contribution in [1.82, 2.24) is 0 Å². The number of carbonyl (C=O) groups excluding carboxylic acids is 1. The van der Waals surface area contributed by atoms with Crippen molar-refractivity contribution in [2.75, 3.05) is 9.80 Å². The zero-order valence-electron chi connectivity index (χ0n) is 16.9. The number of anilines is 2. The van der Waals surface area contributed by atoms with Crippen LogP contribution in [0.4, 0.5) is 11.4 Å². The fourth-order valence-electron chi connectivity index (χ4n) is 4.21. The molecule has 1 aliphatic heterocycles. The van der Waals surface area contributed by atoms with Gasteiger partial charge in [-0.1, -0.05) is 90.5 Å². The van der Waals surface area contributed by atoms with E-state index in [1.165, 1.54) is 0 Å². The normalized spacial score (nSPS) is 15.6. The molecular formula is C27H21ClN2O. The molecule has 0 saturated heterocycles. The maximum absolute atomic E-state index is 13.8. The van der Waals surface area contributed by atoms with Crippen LogP contribution in [0.1, 0.15) is 27.7 Å². The molecule has 4 aromatic rings. The van der Waals surface area contributed by atoms with E-state index in [4.69, 9.17) is 11.6 Å². The molecule has 152 valence electrons. The lowest BCUT2D eigenvalue weighted by Crippen LogP contribution is -2.49. The van der Waals surface area contributed by atoms with Crippen molar-refractivity contribution in [2.24, 2.45) is 0 Å². The molecule has 0 N–H and O–H groups in total. The summed E-state index contributed by atoms with van der Waals surface area (Å²) in [6.07, 6.45) is -0.376. The molecule has 4 heteroatoms. The maximum Gasteiger partial charge on any atom is 0.262 e. The van der Waals surface area contributed by atoms with E-state index in [0.717, 1.165) is 22.5 Å². The van der Waals surface area contributed by atoms with Crippen molar-refractivity contribution in [2.45, 2.75) is 12.7 Å². The second kappa shape index (κ2) is 8.29. The summed E-state index contributed by atoms with van der Waals surface area (Å²) in [5.74, 6) is -0.0315. The molecule has 0 aliphatic carbocycles. The Hall–Kier alpha value is -3.56. The minimum absolute atomic E-state index is 0.0315. The molecule has 0 fully saturated rings. The predicted molar refractivity (Wildman–Crippen MR) is 127 cm³/mol. The van der Waals surface area contributed by atoms with Gasteiger partial charge in [-0.3, -0.25) is 9.69 Å². The fraction of sp³-hybridized carbons (Fsp3) is 0.0741. The average molecular weight is 425 g/mol. The third-order valence-electron chi connectivity index (χ3n) is 5.62. The molecule has 3 nitrogen and oxygen atoms in total. The molecule has 1 aliphatic rings. The molecule has 4 aromatic carbocycles. The van der Waals surface area contributed by atoms with E-state index in [0.29, 0.717) is 17.1 Å². The van der Waals surface area contributed by atoms with Crippen molar-refractivity contribution in [3.05, 3.63) is 131 Å². The number of rotatable bonds is 4. The fourth-order valence-corrected chi connectivity index (χ4v) is 4.44. The summed E-state index contributed by atoms with van der Waals surface area (Å²) < 4.78 is 0. The monoisotopic (exact) mass is 424 g/mol. The van der Waals surface area contributed by atoms with Gasteiger partial charge in [-0.15, -0.1) is 0 Å². The Kier molecular flexibility index (Phi) is 5.19. The highest BCUT2D eigenvalue weighted by molar-refractivity contribution is 6.31. The Morgan fingerprint density at radius 2 is 1.32 bits per heavy atom. The van der Waals surface area contributed by atoms with E-state index in [-0.39, 0.29) is 12.1 Å². The third kappa shape index (κ3) is 3.58. The van der Waals surface area contributed by atoms with Crippen LogP contribution in [-0.4, -0.2) is 5.91 Å². The number of hydrogen-bond acceptors (Lipinski definition) is 2. The number of halogens is 1. The van der Waals surface area contributed by atoms with Crippen LogP contribution in [-0.2, 0) is 6.54 Å². The zero-order valence-corrected chi connectivity index (χ0v) is 17.6. The first kappa shape index (κ1) is 19.4. The molecule has 1 atom stereocenters. The van der Waals surface area contributed by atoms with E-state index in [1.54, 1.807) is 0 Å². The van der Waals surface area contributed by atoms with Crippen LogP contribution in [0.2, 0.25) is 5.02 Å². The summed E-state index contributed by atoms with van der Waals surface area (Å²) >= 11 is 6.69. The number of nitrogens with zero attached hydrogens (tertiary/aromatic N) is 2. The largest absolute Gasteiger partial charge is 0.342 e. The molecule has 0 saturated carbocycles. The second-order valence-electron chi connectivity index (χ2n) is 7.54. The molecular weight excluding hydrogens is 404 g/mol. The van der Waals surface area contributed by atoms with Gasteiger partial charge in [-0.05, 0) is 35.9 Å². The molecule has 0 spiro atoms. The maximum atomic E-state index is 13.8. The lowest BCUT2D eigenvalue weighted by Gasteiger charge is -2.46. The van der Waals surface area contributed by atoms with Crippen molar-refractivity contribution in [1.29, 1.82) is 0 Å². The van der Waals surface area contributed by atoms with Gasteiger partial charge in [0.25, 0.3) is 5.91 Å². The first-order valence-corrected chi connectivity index (χ1v) is 10.6. The number of benzene rings is 4. The first-order valence-electron chi connectivity index (χ1n) is 10.3. The minimum Gasteiger partial charge on any atom is -0.342 e. The number of carbonyl (C=O) groups is 1. The lowest BCUT2D eigenvalue weighted by molar-refractivity contribution is 0.0968. The average Bonchev–Trinajstić information content (AvgIpc) is 2.82. The van der Waals surface area contributed by atoms with Gasteiger partial charge in [0.05, 0.1) is 11.3 Å². The SMILES string of the molecule is O=C1c2ccccc2N(Cc2ccccc2)[C@@H](c2ccccc2Cl)N1c1ccccc1. The Bertz CT molecular complexity index is 1210. The standard InChI is InChI=1S/C27H21ClN2O/c28-24-17-9-7-15-22(24)26-29(19-20-11-3-1-4-12-20)25-18-10-8-16-23(25)27(31)30(26)21-13-5-2-6-14-21/h1-18,26H,19H2/t26-/m1/s1. The van der Waals surface area contributed by atoms with Crippen LogP contribution < -0.4 is 9.80 Å². The third-order valence-corrected chi connectivity index (χ3v) is 5.96. The Balaban J connectivity index is 1.75. The van der Waals surface area contributed by atoms with Crippen LogP contribution in [0.5, 0.6) is 0 Å². The van der Waals surface area contributed by atoms with E-state index < -0.39 is 0 Å². The van der Waals surface area contributed by atoms with Crippen LogP contribution in [0.15, 0.2) is 109 Å². The van der Waals surface area contributed by atoms with Crippen molar-refractivity contribution >= 4 is 28.9 Å². The topological polar surface area (TPSA) is 23.6 Å². The van der Waals surface area contributed by atoms with Crippen LogP contribution >= 0.6 is 11.6 Å².